The van der Waals surface area contributed by atoms with E-state index in [9.17, 15) is 5.11 Å². The molecule has 0 radical (unpaired) electrons. The van der Waals surface area contributed by atoms with Crippen molar-refractivity contribution in [2.24, 2.45) is 0 Å². The minimum atomic E-state index is -0.161. The van der Waals surface area contributed by atoms with Crippen LogP contribution in [0.3, 0.4) is 0 Å². The van der Waals surface area contributed by atoms with Crippen LogP contribution in [0.15, 0.2) is 30.5 Å². The van der Waals surface area contributed by atoms with E-state index in [0.717, 1.165) is 0 Å². The molecule has 1 aromatic heterocycles. The fourth-order valence-electron chi connectivity index (χ4n) is 1.53. The molecule has 2 nitrogen and oxygen atoms in total. The lowest BCUT2D eigenvalue weighted by atomic mass is 10.1. The molecule has 1 N–H and O–H groups in total. The summed E-state index contributed by atoms with van der Waals surface area (Å²) < 4.78 is 0. The maximum atomic E-state index is 9.29. The summed E-state index contributed by atoms with van der Waals surface area (Å²) in [7, 11) is 0. The molecule has 0 fully saturated rings. The van der Waals surface area contributed by atoms with Crippen LogP contribution in [-0.4, -0.2) is 10.1 Å². The van der Waals surface area contributed by atoms with Crippen molar-refractivity contribution in [1.82, 2.24) is 4.98 Å². The molecule has 88 valence electrons. The van der Waals surface area contributed by atoms with Crippen molar-refractivity contribution in [2.45, 2.75) is 6.61 Å². The van der Waals surface area contributed by atoms with E-state index in [1.54, 1.807) is 24.3 Å². The Morgan fingerprint density at radius 2 is 1.94 bits per heavy atom. The number of benzene rings is 1. The number of nitrogens with zero attached hydrogens (tertiary/aromatic N) is 1. The largest absolute Gasteiger partial charge is 0.392 e. The van der Waals surface area contributed by atoms with Gasteiger partial charge in [0, 0.05) is 17.3 Å². The van der Waals surface area contributed by atoms with E-state index in [1.165, 1.54) is 6.20 Å². The maximum absolute atomic E-state index is 9.29. The Labute approximate surface area is 114 Å². The number of halogens is 3. The molecule has 0 spiro atoms. The van der Waals surface area contributed by atoms with Crippen LogP contribution in [0.2, 0.25) is 15.1 Å². The summed E-state index contributed by atoms with van der Waals surface area (Å²) in [4.78, 5) is 4.19. The van der Waals surface area contributed by atoms with Crippen molar-refractivity contribution in [3.8, 4) is 11.3 Å². The van der Waals surface area contributed by atoms with Crippen molar-refractivity contribution in [3.05, 3.63) is 51.1 Å². The first-order valence-electron chi connectivity index (χ1n) is 4.83. The summed E-state index contributed by atoms with van der Waals surface area (Å²) in [6.45, 7) is -0.161. The van der Waals surface area contributed by atoms with Gasteiger partial charge in [-0.2, -0.15) is 0 Å². The molecule has 2 aromatic rings. The molecule has 5 heteroatoms. The molecule has 0 aliphatic rings. The first-order chi connectivity index (χ1) is 8.13. The van der Waals surface area contributed by atoms with Crippen LogP contribution in [0.25, 0.3) is 11.3 Å². The lowest BCUT2D eigenvalue weighted by molar-refractivity contribution is 0.282. The molecule has 0 aliphatic carbocycles. The highest BCUT2D eigenvalue weighted by molar-refractivity contribution is 6.43. The third kappa shape index (κ3) is 2.55. The van der Waals surface area contributed by atoms with Gasteiger partial charge in [-0.3, -0.25) is 4.98 Å². The Kier molecular flexibility index (Phi) is 3.89. The summed E-state index contributed by atoms with van der Waals surface area (Å²) in [6.07, 6.45) is 1.51. The average Bonchev–Trinajstić information content (AvgIpc) is 2.33. The zero-order valence-electron chi connectivity index (χ0n) is 8.62. The fraction of sp³-hybridized carbons (Fsp3) is 0.0833. The molecule has 0 amide bonds. The van der Waals surface area contributed by atoms with E-state index in [2.05, 4.69) is 4.98 Å². The van der Waals surface area contributed by atoms with E-state index >= 15 is 0 Å². The molecular formula is C12H8Cl3NO. The first-order valence-corrected chi connectivity index (χ1v) is 5.96. The molecule has 0 bridgehead atoms. The maximum Gasteiger partial charge on any atom is 0.0773 e. The molecule has 2 rings (SSSR count). The number of rotatable bonds is 2. The molecule has 1 heterocycles. The highest BCUT2D eigenvalue weighted by atomic mass is 35.5. The van der Waals surface area contributed by atoms with Gasteiger partial charge in [0.15, 0.2) is 0 Å². The predicted molar refractivity (Wildman–Crippen MR) is 70.6 cm³/mol. The zero-order chi connectivity index (χ0) is 12.4. The van der Waals surface area contributed by atoms with E-state index in [4.69, 9.17) is 34.8 Å². The Morgan fingerprint density at radius 3 is 2.65 bits per heavy atom. The highest BCUT2D eigenvalue weighted by Gasteiger charge is 2.12. The number of hydrogen-bond acceptors (Lipinski definition) is 2. The minimum absolute atomic E-state index is 0.161. The fourth-order valence-corrected chi connectivity index (χ4v) is 2.10. The van der Waals surface area contributed by atoms with Crippen LogP contribution >= 0.6 is 34.8 Å². The van der Waals surface area contributed by atoms with Crippen molar-refractivity contribution >= 4 is 34.8 Å². The third-order valence-corrected chi connectivity index (χ3v) is 3.34. The van der Waals surface area contributed by atoms with Crippen molar-refractivity contribution in [3.63, 3.8) is 0 Å². The Bertz CT molecular complexity index is 557. The average molecular weight is 289 g/mol. The normalized spacial score (nSPS) is 10.6. The second-order valence-electron chi connectivity index (χ2n) is 3.42. The van der Waals surface area contributed by atoms with Gasteiger partial charge < -0.3 is 5.11 Å². The smallest absolute Gasteiger partial charge is 0.0773 e. The summed E-state index contributed by atoms with van der Waals surface area (Å²) in [5, 5.41) is 10.6. The van der Waals surface area contributed by atoms with Gasteiger partial charge in [0.05, 0.1) is 27.4 Å². The predicted octanol–water partition coefficient (Wildman–Crippen LogP) is 4.20. The van der Waals surface area contributed by atoms with Crippen molar-refractivity contribution in [2.75, 3.05) is 0 Å². The molecule has 1 aromatic carbocycles. The molecule has 0 saturated carbocycles. The second kappa shape index (κ2) is 5.23. The molecule has 17 heavy (non-hydrogen) atoms. The van der Waals surface area contributed by atoms with Gasteiger partial charge >= 0.3 is 0 Å². The summed E-state index contributed by atoms with van der Waals surface area (Å²) in [5.74, 6) is 0. The Hall–Kier alpha value is -0.800. The van der Waals surface area contributed by atoms with Crippen molar-refractivity contribution in [1.29, 1.82) is 0 Å². The highest BCUT2D eigenvalue weighted by Crippen LogP contribution is 2.34. The molecular weight excluding hydrogens is 280 g/mol. The van der Waals surface area contributed by atoms with E-state index in [0.29, 0.717) is 31.9 Å². The molecule has 0 saturated heterocycles. The standard InChI is InChI=1S/C12H8Cl3NO/c13-8-4-7(6-17)12(16-5-8)9-2-1-3-10(14)11(9)15/h1-5,17H,6H2. The second-order valence-corrected chi connectivity index (χ2v) is 4.64. The van der Waals surface area contributed by atoms with Gasteiger partial charge in [-0.25, -0.2) is 0 Å². The lowest BCUT2D eigenvalue weighted by Crippen LogP contribution is -1.94. The van der Waals surface area contributed by atoms with Gasteiger partial charge in [-0.1, -0.05) is 46.9 Å². The van der Waals surface area contributed by atoms with Gasteiger partial charge in [0.1, 0.15) is 0 Å². The van der Waals surface area contributed by atoms with E-state index in [1.807, 2.05) is 0 Å². The summed E-state index contributed by atoms with van der Waals surface area (Å²) >= 11 is 17.9. The van der Waals surface area contributed by atoms with E-state index in [-0.39, 0.29) is 6.61 Å². The van der Waals surface area contributed by atoms with Gasteiger partial charge in [0.25, 0.3) is 0 Å². The summed E-state index contributed by atoms with van der Waals surface area (Å²) in [6, 6.07) is 6.92. The number of aliphatic hydroxyl groups excluding tert-OH is 1. The zero-order valence-corrected chi connectivity index (χ0v) is 10.9. The van der Waals surface area contributed by atoms with Gasteiger partial charge in [-0.05, 0) is 12.1 Å². The topological polar surface area (TPSA) is 33.1 Å². The van der Waals surface area contributed by atoms with Crippen LogP contribution in [0, 0.1) is 0 Å². The minimum Gasteiger partial charge on any atom is -0.392 e. The summed E-state index contributed by atoms with van der Waals surface area (Å²) in [5.41, 5.74) is 1.88. The number of pyridine rings is 1. The molecule has 0 unspecified atom stereocenters. The lowest BCUT2D eigenvalue weighted by Gasteiger charge is -2.09. The first kappa shape index (κ1) is 12.7. The van der Waals surface area contributed by atoms with Crippen LogP contribution < -0.4 is 0 Å². The SMILES string of the molecule is OCc1cc(Cl)cnc1-c1cccc(Cl)c1Cl. The van der Waals surface area contributed by atoms with Crippen LogP contribution in [0.4, 0.5) is 0 Å². The Balaban J connectivity index is 2.64. The van der Waals surface area contributed by atoms with E-state index < -0.39 is 0 Å². The number of hydrogen-bond donors (Lipinski definition) is 1. The van der Waals surface area contributed by atoms with Crippen LogP contribution in [0.1, 0.15) is 5.56 Å². The molecule has 0 aliphatic heterocycles. The quantitative estimate of drug-likeness (QED) is 0.898. The Morgan fingerprint density at radius 1 is 1.18 bits per heavy atom. The number of aromatic nitrogens is 1. The molecule has 0 atom stereocenters. The third-order valence-electron chi connectivity index (χ3n) is 2.31. The van der Waals surface area contributed by atoms with Gasteiger partial charge in [-0.15, -0.1) is 0 Å². The van der Waals surface area contributed by atoms with Crippen LogP contribution in [0.5, 0.6) is 0 Å². The number of aliphatic hydroxyl groups is 1. The van der Waals surface area contributed by atoms with Crippen LogP contribution in [-0.2, 0) is 6.61 Å². The van der Waals surface area contributed by atoms with Crippen molar-refractivity contribution < 1.29 is 5.11 Å². The van der Waals surface area contributed by atoms with Gasteiger partial charge in [0.2, 0.25) is 0 Å². The monoisotopic (exact) mass is 287 g/mol.